The summed E-state index contributed by atoms with van der Waals surface area (Å²) < 4.78 is 13.7. The van der Waals surface area contributed by atoms with E-state index in [2.05, 4.69) is 20.6 Å². The van der Waals surface area contributed by atoms with Crippen LogP contribution in [-0.4, -0.2) is 15.9 Å². The van der Waals surface area contributed by atoms with E-state index in [-0.39, 0.29) is 22.9 Å². The number of anilines is 3. The summed E-state index contributed by atoms with van der Waals surface area (Å²) in [7, 11) is 0. The fourth-order valence-electron chi connectivity index (χ4n) is 1.84. The Balaban J connectivity index is 0.000000924. The first-order chi connectivity index (χ1) is 11.1. The molecule has 5 nitrogen and oxygen atoms in total. The monoisotopic (exact) mass is 336 g/mol. The molecule has 0 atom stereocenters. The second-order valence-electron chi connectivity index (χ2n) is 4.77. The highest BCUT2D eigenvalue weighted by Gasteiger charge is 2.29. The van der Waals surface area contributed by atoms with Crippen LogP contribution in [0.2, 0.25) is 5.28 Å². The lowest BCUT2D eigenvalue weighted by Gasteiger charge is -2.12. The summed E-state index contributed by atoms with van der Waals surface area (Å²) in [5.41, 5.74) is 1.11. The van der Waals surface area contributed by atoms with E-state index >= 15 is 0 Å². The molecule has 0 saturated heterocycles. The van der Waals surface area contributed by atoms with Crippen molar-refractivity contribution in [1.82, 2.24) is 9.97 Å². The van der Waals surface area contributed by atoms with Crippen LogP contribution in [-0.2, 0) is 4.79 Å². The zero-order valence-corrected chi connectivity index (χ0v) is 13.7. The van der Waals surface area contributed by atoms with E-state index in [0.717, 1.165) is 19.0 Å². The predicted molar refractivity (Wildman–Crippen MR) is 89.4 cm³/mol. The number of para-hydroxylation sites is 2. The van der Waals surface area contributed by atoms with Gasteiger partial charge in [0.2, 0.25) is 11.2 Å². The Hall–Kier alpha value is -2.21. The van der Waals surface area contributed by atoms with Gasteiger partial charge < -0.3 is 10.6 Å². The molecule has 7 heteroatoms. The lowest BCUT2D eigenvalue weighted by molar-refractivity contribution is -0.117. The van der Waals surface area contributed by atoms with E-state index in [4.69, 9.17) is 11.6 Å². The molecule has 2 aromatic rings. The van der Waals surface area contributed by atoms with Gasteiger partial charge in [-0.1, -0.05) is 26.0 Å². The van der Waals surface area contributed by atoms with Gasteiger partial charge >= 0.3 is 0 Å². The minimum Gasteiger partial charge on any atom is -0.336 e. The molecule has 23 heavy (non-hydrogen) atoms. The third-order valence-electron chi connectivity index (χ3n) is 3.10. The number of carbonyl (C=O) groups is 1. The molecular formula is C16H18ClFN4O. The number of halogens is 2. The number of aromatic nitrogens is 2. The molecule has 0 unspecified atom stereocenters. The molecular weight excluding hydrogens is 319 g/mol. The molecule has 1 heterocycles. The van der Waals surface area contributed by atoms with Crippen molar-refractivity contribution in [2.45, 2.75) is 26.7 Å². The Morgan fingerprint density at radius 2 is 1.91 bits per heavy atom. The van der Waals surface area contributed by atoms with Crippen molar-refractivity contribution in [1.29, 1.82) is 0 Å². The molecule has 0 radical (unpaired) electrons. The highest BCUT2D eigenvalue weighted by atomic mass is 35.5. The molecule has 1 aliphatic carbocycles. The van der Waals surface area contributed by atoms with Crippen molar-refractivity contribution in [3.63, 3.8) is 0 Å². The Morgan fingerprint density at radius 3 is 2.57 bits per heavy atom. The number of nitrogens with zero attached hydrogens (tertiary/aromatic N) is 2. The smallest absolute Gasteiger partial charge is 0.227 e. The van der Waals surface area contributed by atoms with Gasteiger partial charge in [-0.2, -0.15) is 4.98 Å². The number of carbonyl (C=O) groups excluding carboxylic acids is 1. The SMILES string of the molecule is CC.O=C(Nc1ccccc1Nc1nc(Cl)ncc1F)C1CC1. The minimum atomic E-state index is -0.622. The summed E-state index contributed by atoms with van der Waals surface area (Å²) in [6, 6.07) is 7.02. The van der Waals surface area contributed by atoms with Crippen LogP contribution >= 0.6 is 11.6 Å². The first kappa shape index (κ1) is 17.1. The van der Waals surface area contributed by atoms with Crippen molar-refractivity contribution in [2.75, 3.05) is 10.6 Å². The Morgan fingerprint density at radius 1 is 1.26 bits per heavy atom. The molecule has 1 saturated carbocycles. The lowest BCUT2D eigenvalue weighted by atomic mass is 10.2. The van der Waals surface area contributed by atoms with E-state index in [1.807, 2.05) is 13.8 Å². The van der Waals surface area contributed by atoms with Crippen LogP contribution in [0.5, 0.6) is 0 Å². The fourth-order valence-corrected chi connectivity index (χ4v) is 1.98. The average Bonchev–Trinajstić information content (AvgIpc) is 3.39. The van der Waals surface area contributed by atoms with Gasteiger partial charge in [0, 0.05) is 5.92 Å². The molecule has 3 rings (SSSR count). The maximum Gasteiger partial charge on any atom is 0.227 e. The summed E-state index contributed by atoms with van der Waals surface area (Å²) in [5.74, 6) is -0.598. The van der Waals surface area contributed by atoms with Gasteiger partial charge in [0.15, 0.2) is 11.6 Å². The fraction of sp³-hybridized carbons (Fsp3) is 0.312. The molecule has 1 aromatic carbocycles. The maximum absolute atomic E-state index is 13.7. The maximum atomic E-state index is 13.7. The van der Waals surface area contributed by atoms with Crippen LogP contribution in [0, 0.1) is 11.7 Å². The topological polar surface area (TPSA) is 66.9 Å². The van der Waals surface area contributed by atoms with Gasteiger partial charge in [0.05, 0.1) is 17.6 Å². The molecule has 0 spiro atoms. The van der Waals surface area contributed by atoms with Crippen LogP contribution in [0.1, 0.15) is 26.7 Å². The third kappa shape index (κ3) is 4.63. The molecule has 1 aromatic heterocycles. The van der Waals surface area contributed by atoms with Crippen LogP contribution in [0.25, 0.3) is 0 Å². The number of hydrogen-bond donors (Lipinski definition) is 2. The van der Waals surface area contributed by atoms with E-state index in [1.54, 1.807) is 24.3 Å². The number of benzene rings is 1. The summed E-state index contributed by atoms with van der Waals surface area (Å²) >= 11 is 5.66. The normalized spacial score (nSPS) is 12.9. The van der Waals surface area contributed by atoms with Crippen molar-refractivity contribution in [3.8, 4) is 0 Å². The molecule has 122 valence electrons. The highest BCUT2D eigenvalue weighted by Crippen LogP contribution is 2.32. The van der Waals surface area contributed by atoms with Crippen LogP contribution in [0.4, 0.5) is 21.6 Å². The van der Waals surface area contributed by atoms with Gasteiger partial charge in [-0.05, 0) is 36.6 Å². The van der Waals surface area contributed by atoms with Gasteiger partial charge in [-0.3, -0.25) is 4.79 Å². The van der Waals surface area contributed by atoms with Gasteiger partial charge in [0.1, 0.15) is 0 Å². The van der Waals surface area contributed by atoms with Crippen LogP contribution < -0.4 is 10.6 Å². The Bertz CT molecular complexity index is 692. The highest BCUT2D eigenvalue weighted by molar-refractivity contribution is 6.28. The Kier molecular flexibility index (Phi) is 5.87. The second kappa shape index (κ2) is 7.87. The van der Waals surface area contributed by atoms with E-state index in [0.29, 0.717) is 11.4 Å². The van der Waals surface area contributed by atoms with Crippen molar-refractivity contribution in [2.24, 2.45) is 5.92 Å². The third-order valence-corrected chi connectivity index (χ3v) is 3.28. The molecule has 2 N–H and O–H groups in total. The first-order valence-electron chi connectivity index (χ1n) is 7.48. The van der Waals surface area contributed by atoms with Gasteiger partial charge in [-0.15, -0.1) is 0 Å². The largest absolute Gasteiger partial charge is 0.336 e. The van der Waals surface area contributed by atoms with Gasteiger partial charge in [0.25, 0.3) is 0 Å². The summed E-state index contributed by atoms with van der Waals surface area (Å²) in [6.45, 7) is 4.00. The zero-order chi connectivity index (χ0) is 16.8. The predicted octanol–water partition coefficient (Wildman–Crippen LogP) is 4.39. The lowest BCUT2D eigenvalue weighted by Crippen LogP contribution is -2.14. The van der Waals surface area contributed by atoms with Crippen molar-refractivity contribution in [3.05, 3.63) is 41.6 Å². The summed E-state index contributed by atoms with van der Waals surface area (Å²) in [5, 5.41) is 5.59. The molecule has 1 fully saturated rings. The second-order valence-corrected chi connectivity index (χ2v) is 5.11. The van der Waals surface area contributed by atoms with E-state index < -0.39 is 5.82 Å². The van der Waals surface area contributed by atoms with Crippen molar-refractivity contribution >= 4 is 34.7 Å². The van der Waals surface area contributed by atoms with E-state index in [1.165, 1.54) is 0 Å². The zero-order valence-electron chi connectivity index (χ0n) is 12.9. The number of amides is 1. The standard InChI is InChI=1S/C14H12ClFN4O.C2H6/c15-14-17-7-9(16)12(20-14)18-10-3-1-2-4-11(10)19-13(21)8-5-6-8;1-2/h1-4,7-8H,5-6H2,(H,19,21)(H,17,18,20);1-2H3. The molecule has 0 bridgehead atoms. The van der Waals surface area contributed by atoms with E-state index in [9.17, 15) is 9.18 Å². The molecule has 1 amide bonds. The van der Waals surface area contributed by atoms with Crippen LogP contribution in [0.15, 0.2) is 30.5 Å². The Labute approximate surface area is 139 Å². The summed E-state index contributed by atoms with van der Waals surface area (Å²) in [6.07, 6.45) is 2.82. The number of rotatable bonds is 4. The molecule has 1 aliphatic rings. The summed E-state index contributed by atoms with van der Waals surface area (Å²) in [4.78, 5) is 19.2. The molecule has 0 aliphatic heterocycles. The number of hydrogen-bond acceptors (Lipinski definition) is 4. The minimum absolute atomic E-state index is 0.0227. The van der Waals surface area contributed by atoms with Crippen LogP contribution in [0.3, 0.4) is 0 Å². The van der Waals surface area contributed by atoms with Gasteiger partial charge in [-0.25, -0.2) is 9.37 Å². The average molecular weight is 337 g/mol. The first-order valence-corrected chi connectivity index (χ1v) is 7.86. The quantitative estimate of drug-likeness (QED) is 0.813. The number of nitrogens with one attached hydrogen (secondary N) is 2. The van der Waals surface area contributed by atoms with Crippen molar-refractivity contribution < 1.29 is 9.18 Å².